The molecule has 34 heavy (non-hydrogen) atoms. The Bertz CT molecular complexity index is 1120. The van der Waals surface area contributed by atoms with E-state index in [1.54, 1.807) is 31.2 Å². The summed E-state index contributed by atoms with van der Waals surface area (Å²) in [7, 11) is 0. The molecule has 180 valence electrons. The van der Waals surface area contributed by atoms with E-state index >= 15 is 0 Å². The van der Waals surface area contributed by atoms with Gasteiger partial charge in [0.05, 0.1) is 23.1 Å². The number of halogens is 2. The number of esters is 1. The molecule has 1 aliphatic rings. The highest BCUT2D eigenvalue weighted by molar-refractivity contribution is 8.18. The minimum Gasteiger partial charge on any atom is -0.490 e. The Morgan fingerprint density at radius 1 is 1.09 bits per heavy atom. The Morgan fingerprint density at radius 3 is 2.44 bits per heavy atom. The molecule has 7 nitrogen and oxygen atoms in total. The third kappa shape index (κ3) is 6.05. The second-order valence-electron chi connectivity index (χ2n) is 7.16. The molecule has 1 atom stereocenters. The van der Waals surface area contributed by atoms with E-state index in [9.17, 15) is 14.4 Å². The Hall–Kier alpha value is -2.68. The predicted molar refractivity (Wildman–Crippen MR) is 132 cm³/mol. The molecule has 1 aliphatic heterocycles. The Labute approximate surface area is 211 Å². The van der Waals surface area contributed by atoms with E-state index in [1.807, 2.05) is 19.1 Å². The van der Waals surface area contributed by atoms with Crippen LogP contribution in [0.1, 0.15) is 31.9 Å². The van der Waals surface area contributed by atoms with Gasteiger partial charge in [-0.15, -0.1) is 0 Å². The first kappa shape index (κ1) is 25.9. The molecule has 2 amide bonds. The molecule has 1 fully saturated rings. The monoisotopic (exact) mass is 523 g/mol. The number of carbonyl (C=O) groups excluding carboxylic acids is 3. The van der Waals surface area contributed by atoms with Crippen LogP contribution in [0.2, 0.25) is 10.0 Å². The highest BCUT2D eigenvalue weighted by Crippen LogP contribution is 2.40. The summed E-state index contributed by atoms with van der Waals surface area (Å²) in [6.45, 7) is 5.70. The molecule has 0 radical (unpaired) electrons. The summed E-state index contributed by atoms with van der Waals surface area (Å²) in [4.78, 5) is 38.3. The molecule has 2 aromatic carbocycles. The molecule has 0 saturated carbocycles. The van der Waals surface area contributed by atoms with Gasteiger partial charge in [0, 0.05) is 5.02 Å². The number of imide groups is 1. The molecule has 0 aliphatic carbocycles. The Morgan fingerprint density at radius 2 is 1.79 bits per heavy atom. The lowest BCUT2D eigenvalue weighted by molar-refractivity contribution is -0.150. The van der Waals surface area contributed by atoms with Gasteiger partial charge in [0.1, 0.15) is 12.6 Å². The highest BCUT2D eigenvalue weighted by atomic mass is 35.5. The van der Waals surface area contributed by atoms with Gasteiger partial charge in [-0.05, 0) is 74.0 Å². The van der Waals surface area contributed by atoms with Crippen molar-refractivity contribution in [3.05, 3.63) is 62.5 Å². The molecule has 0 spiro atoms. The molecule has 0 bridgehead atoms. The number of carbonyl (C=O) groups is 3. The number of amides is 2. The van der Waals surface area contributed by atoms with E-state index in [2.05, 4.69) is 0 Å². The molecular weight excluding hydrogens is 501 g/mol. The summed E-state index contributed by atoms with van der Waals surface area (Å²) >= 11 is 13.1. The van der Waals surface area contributed by atoms with Crippen LogP contribution in [0.3, 0.4) is 0 Å². The van der Waals surface area contributed by atoms with Gasteiger partial charge in [-0.3, -0.25) is 14.5 Å². The number of ether oxygens (including phenoxy) is 3. The molecule has 3 rings (SSSR count). The average molecular weight is 524 g/mol. The van der Waals surface area contributed by atoms with E-state index in [-0.39, 0.29) is 23.1 Å². The summed E-state index contributed by atoms with van der Waals surface area (Å²) in [5, 5.41) is 0.364. The second-order valence-corrected chi connectivity index (χ2v) is 8.99. The molecule has 0 N–H and O–H groups in total. The first-order valence-corrected chi connectivity index (χ1v) is 12.1. The van der Waals surface area contributed by atoms with Crippen LogP contribution in [-0.2, 0) is 20.9 Å². The zero-order valence-corrected chi connectivity index (χ0v) is 21.1. The standard InChI is InChI=1S/C24H23Cl2NO6S/c1-4-31-19-11-16(10-18(26)21(19)33-13-15-6-8-17(25)9-7-15)12-20-22(28)27(24(30)34-20)14(3)23(29)32-5-2/h6-12,14H,4-5,13H2,1-3H3/b20-12+/t14-/m1/s1. The van der Waals surface area contributed by atoms with Crippen molar-refractivity contribution in [1.82, 2.24) is 4.90 Å². The summed E-state index contributed by atoms with van der Waals surface area (Å²) in [5.74, 6) is -0.461. The van der Waals surface area contributed by atoms with Crippen LogP contribution in [0.25, 0.3) is 6.08 Å². The van der Waals surface area contributed by atoms with Gasteiger partial charge in [-0.1, -0.05) is 35.3 Å². The maximum absolute atomic E-state index is 12.8. The summed E-state index contributed by atoms with van der Waals surface area (Å²) in [6.07, 6.45) is 1.53. The molecule has 1 saturated heterocycles. The molecule has 1 heterocycles. The zero-order valence-electron chi connectivity index (χ0n) is 18.8. The first-order valence-electron chi connectivity index (χ1n) is 10.5. The minimum absolute atomic E-state index is 0.153. The summed E-state index contributed by atoms with van der Waals surface area (Å²) < 4.78 is 16.5. The topological polar surface area (TPSA) is 82.1 Å². The number of benzene rings is 2. The van der Waals surface area contributed by atoms with Gasteiger partial charge in [0.2, 0.25) is 0 Å². The maximum Gasteiger partial charge on any atom is 0.329 e. The van der Waals surface area contributed by atoms with Crippen molar-refractivity contribution in [3.63, 3.8) is 0 Å². The van der Waals surface area contributed by atoms with Crippen molar-refractivity contribution >= 4 is 58.2 Å². The van der Waals surface area contributed by atoms with E-state index in [0.717, 1.165) is 22.2 Å². The lowest BCUT2D eigenvalue weighted by atomic mass is 10.1. The smallest absolute Gasteiger partial charge is 0.329 e. The van der Waals surface area contributed by atoms with Gasteiger partial charge in [-0.25, -0.2) is 4.79 Å². The third-order valence-electron chi connectivity index (χ3n) is 4.76. The molecular formula is C24H23Cl2NO6S. The number of hydrogen-bond donors (Lipinski definition) is 0. The summed E-state index contributed by atoms with van der Waals surface area (Å²) in [5.41, 5.74) is 1.44. The average Bonchev–Trinajstić information content (AvgIpc) is 3.07. The number of rotatable bonds is 9. The minimum atomic E-state index is -1.02. The normalized spacial score (nSPS) is 15.6. The van der Waals surface area contributed by atoms with E-state index in [1.165, 1.54) is 13.0 Å². The van der Waals surface area contributed by atoms with Crippen molar-refractivity contribution in [1.29, 1.82) is 0 Å². The van der Waals surface area contributed by atoms with Gasteiger partial charge in [0.15, 0.2) is 11.5 Å². The zero-order chi connectivity index (χ0) is 24.8. The van der Waals surface area contributed by atoms with Crippen LogP contribution >= 0.6 is 35.0 Å². The van der Waals surface area contributed by atoms with E-state index in [0.29, 0.717) is 28.7 Å². The fourth-order valence-electron chi connectivity index (χ4n) is 3.14. The SMILES string of the molecule is CCOC(=O)[C@@H](C)N1C(=O)S/C(=C/c2cc(Cl)c(OCc3ccc(Cl)cc3)c(OCC)c2)C1=O. The maximum atomic E-state index is 12.8. The van der Waals surface area contributed by atoms with Gasteiger partial charge in [-0.2, -0.15) is 0 Å². The third-order valence-corrected chi connectivity index (χ3v) is 6.18. The van der Waals surface area contributed by atoms with Crippen molar-refractivity contribution < 1.29 is 28.6 Å². The number of hydrogen-bond acceptors (Lipinski definition) is 7. The van der Waals surface area contributed by atoms with Gasteiger partial charge >= 0.3 is 5.97 Å². The number of thioether (sulfide) groups is 1. The van der Waals surface area contributed by atoms with Gasteiger partial charge in [0.25, 0.3) is 11.1 Å². The van der Waals surface area contributed by atoms with Crippen molar-refractivity contribution in [2.45, 2.75) is 33.4 Å². The van der Waals surface area contributed by atoms with Crippen LogP contribution in [0.4, 0.5) is 4.79 Å². The number of nitrogens with zero attached hydrogens (tertiary/aromatic N) is 1. The van der Waals surface area contributed by atoms with Crippen molar-refractivity contribution in [2.75, 3.05) is 13.2 Å². The Kier molecular flexibility index (Phi) is 8.88. The fourth-order valence-corrected chi connectivity index (χ4v) is 4.45. The lowest BCUT2D eigenvalue weighted by Crippen LogP contribution is -2.42. The van der Waals surface area contributed by atoms with Gasteiger partial charge < -0.3 is 14.2 Å². The fraction of sp³-hybridized carbons (Fsp3) is 0.292. The second kappa shape index (κ2) is 11.6. The lowest BCUT2D eigenvalue weighted by Gasteiger charge is -2.19. The van der Waals surface area contributed by atoms with Crippen LogP contribution in [0, 0.1) is 0 Å². The van der Waals surface area contributed by atoms with Crippen LogP contribution in [0.5, 0.6) is 11.5 Å². The first-order chi connectivity index (χ1) is 16.2. The van der Waals surface area contributed by atoms with Crippen LogP contribution < -0.4 is 9.47 Å². The van der Waals surface area contributed by atoms with E-state index < -0.39 is 23.2 Å². The largest absolute Gasteiger partial charge is 0.490 e. The molecule has 0 unspecified atom stereocenters. The van der Waals surface area contributed by atoms with Crippen LogP contribution in [-0.4, -0.2) is 41.3 Å². The predicted octanol–water partition coefficient (Wildman–Crippen LogP) is 5.96. The highest BCUT2D eigenvalue weighted by Gasteiger charge is 2.41. The summed E-state index contributed by atoms with van der Waals surface area (Å²) in [6, 6.07) is 9.49. The Balaban J connectivity index is 1.84. The molecule has 2 aromatic rings. The quantitative estimate of drug-likeness (QED) is 0.296. The van der Waals surface area contributed by atoms with E-state index in [4.69, 9.17) is 37.4 Å². The van der Waals surface area contributed by atoms with Crippen molar-refractivity contribution in [3.8, 4) is 11.5 Å². The van der Waals surface area contributed by atoms with Crippen molar-refractivity contribution in [2.24, 2.45) is 0 Å². The molecule has 0 aromatic heterocycles. The molecule has 10 heteroatoms. The van der Waals surface area contributed by atoms with Crippen LogP contribution in [0.15, 0.2) is 41.3 Å².